The number of aliphatic imine (C=N–C) groups is 1. The van der Waals surface area contributed by atoms with Crippen LogP contribution in [0.15, 0.2) is 52.1 Å². The number of rotatable bonds is 10. The van der Waals surface area contributed by atoms with Crippen LogP contribution in [0.2, 0.25) is 0 Å². The van der Waals surface area contributed by atoms with Gasteiger partial charge in [0, 0.05) is 38.8 Å². The molecule has 8 nitrogen and oxygen atoms in total. The second-order valence-electron chi connectivity index (χ2n) is 8.34. The Hall–Kier alpha value is -2.84. The van der Waals surface area contributed by atoms with Crippen LogP contribution in [0.3, 0.4) is 0 Å². The van der Waals surface area contributed by atoms with E-state index in [-0.39, 0.29) is 11.9 Å². The minimum atomic E-state index is -0.0527. The largest absolute Gasteiger partial charge is 0.468 e. The molecule has 1 aromatic heterocycles. The third-order valence-electron chi connectivity index (χ3n) is 5.63. The molecular weight excluding hydrogens is 404 g/mol. The van der Waals surface area contributed by atoms with Crippen LogP contribution in [0.5, 0.6) is 0 Å². The van der Waals surface area contributed by atoms with E-state index in [1.54, 1.807) is 13.3 Å². The standard InChI is InChI=1S/C24H36N6O2/c1-25-24(28-18-21(22-10-7-15-32-22)30-12-4-5-13-30)27-17-19-8-6-9-20(16-19)23(31)26-11-14-29(2)3/h6-10,15-16,21H,4-5,11-14,17-18H2,1-3H3,(H,26,31)(H2,25,27,28). The Morgan fingerprint density at radius 1 is 1.16 bits per heavy atom. The van der Waals surface area contributed by atoms with Crippen molar-refractivity contribution in [2.45, 2.75) is 25.4 Å². The summed E-state index contributed by atoms with van der Waals surface area (Å²) in [6, 6.07) is 11.8. The van der Waals surface area contributed by atoms with Gasteiger partial charge in [0.1, 0.15) is 5.76 Å². The maximum Gasteiger partial charge on any atom is 0.251 e. The molecule has 1 unspecified atom stereocenters. The first-order chi connectivity index (χ1) is 15.6. The van der Waals surface area contributed by atoms with Crippen LogP contribution in [0, 0.1) is 0 Å². The van der Waals surface area contributed by atoms with Crippen LogP contribution >= 0.6 is 0 Å². The van der Waals surface area contributed by atoms with Gasteiger partial charge in [0.15, 0.2) is 5.96 Å². The van der Waals surface area contributed by atoms with Crippen LogP contribution in [-0.2, 0) is 6.54 Å². The molecule has 0 bridgehead atoms. The van der Waals surface area contributed by atoms with Crippen molar-refractivity contribution in [2.24, 2.45) is 4.99 Å². The Kier molecular flexibility index (Phi) is 9.13. The molecule has 1 fully saturated rings. The number of guanidine groups is 1. The molecule has 0 aliphatic carbocycles. The summed E-state index contributed by atoms with van der Waals surface area (Å²) in [5, 5.41) is 9.74. The SMILES string of the molecule is CN=C(NCc1cccc(C(=O)NCCN(C)C)c1)NCC(c1ccco1)N1CCCC1. The first-order valence-electron chi connectivity index (χ1n) is 11.3. The van der Waals surface area contributed by atoms with E-state index in [0.29, 0.717) is 25.2 Å². The van der Waals surface area contributed by atoms with E-state index < -0.39 is 0 Å². The third-order valence-corrected chi connectivity index (χ3v) is 5.63. The van der Waals surface area contributed by atoms with Gasteiger partial charge < -0.3 is 25.3 Å². The molecule has 1 saturated heterocycles. The molecule has 3 N–H and O–H groups in total. The summed E-state index contributed by atoms with van der Waals surface area (Å²) >= 11 is 0. The average Bonchev–Trinajstić information content (AvgIpc) is 3.51. The first kappa shape index (κ1) is 23.8. The predicted molar refractivity (Wildman–Crippen MR) is 128 cm³/mol. The Labute approximate surface area is 191 Å². The van der Waals surface area contributed by atoms with E-state index in [2.05, 4.69) is 25.8 Å². The van der Waals surface area contributed by atoms with Gasteiger partial charge in [-0.1, -0.05) is 12.1 Å². The van der Waals surface area contributed by atoms with Crippen molar-refractivity contribution in [2.75, 3.05) is 53.9 Å². The second-order valence-corrected chi connectivity index (χ2v) is 8.34. The van der Waals surface area contributed by atoms with Gasteiger partial charge in [-0.2, -0.15) is 0 Å². The quantitative estimate of drug-likeness (QED) is 0.387. The molecule has 1 atom stereocenters. The van der Waals surface area contributed by atoms with Crippen LogP contribution < -0.4 is 16.0 Å². The second kappa shape index (κ2) is 12.3. The van der Waals surface area contributed by atoms with Crippen LogP contribution in [0.4, 0.5) is 0 Å². The van der Waals surface area contributed by atoms with E-state index in [9.17, 15) is 4.79 Å². The maximum atomic E-state index is 12.4. The van der Waals surface area contributed by atoms with Crippen LogP contribution in [0.1, 0.15) is 40.6 Å². The summed E-state index contributed by atoms with van der Waals surface area (Å²) in [6.45, 7) is 4.89. The Morgan fingerprint density at radius 3 is 2.66 bits per heavy atom. The highest BCUT2D eigenvalue weighted by Crippen LogP contribution is 2.24. The fourth-order valence-electron chi connectivity index (χ4n) is 3.86. The number of furan rings is 1. The molecule has 0 radical (unpaired) electrons. The Bertz CT molecular complexity index is 859. The molecule has 2 aromatic rings. The van der Waals surface area contributed by atoms with Gasteiger partial charge in [-0.3, -0.25) is 14.7 Å². The van der Waals surface area contributed by atoms with Crippen molar-refractivity contribution in [3.63, 3.8) is 0 Å². The minimum Gasteiger partial charge on any atom is -0.468 e. The zero-order chi connectivity index (χ0) is 22.8. The number of nitrogens with one attached hydrogen (secondary N) is 3. The average molecular weight is 441 g/mol. The van der Waals surface area contributed by atoms with Crippen molar-refractivity contribution in [1.29, 1.82) is 0 Å². The molecule has 1 amide bonds. The van der Waals surface area contributed by atoms with Gasteiger partial charge in [-0.25, -0.2) is 0 Å². The highest BCUT2D eigenvalue weighted by Gasteiger charge is 2.25. The van der Waals surface area contributed by atoms with Gasteiger partial charge >= 0.3 is 0 Å². The fourth-order valence-corrected chi connectivity index (χ4v) is 3.86. The molecule has 0 saturated carbocycles. The van der Waals surface area contributed by atoms with E-state index in [1.807, 2.05) is 55.4 Å². The summed E-state index contributed by atoms with van der Waals surface area (Å²) in [5.74, 6) is 1.65. The number of likely N-dealkylation sites (N-methyl/N-ethyl adjacent to an activating group) is 1. The van der Waals surface area contributed by atoms with Crippen molar-refractivity contribution in [1.82, 2.24) is 25.8 Å². The molecular formula is C24H36N6O2. The number of hydrogen-bond donors (Lipinski definition) is 3. The summed E-state index contributed by atoms with van der Waals surface area (Å²) in [4.78, 5) is 21.2. The Morgan fingerprint density at radius 2 is 1.97 bits per heavy atom. The number of nitrogens with zero attached hydrogens (tertiary/aromatic N) is 3. The smallest absolute Gasteiger partial charge is 0.251 e. The number of benzene rings is 1. The number of amides is 1. The zero-order valence-corrected chi connectivity index (χ0v) is 19.4. The summed E-state index contributed by atoms with van der Waals surface area (Å²) in [7, 11) is 5.74. The highest BCUT2D eigenvalue weighted by molar-refractivity contribution is 5.94. The maximum absolute atomic E-state index is 12.4. The van der Waals surface area contributed by atoms with E-state index in [1.165, 1.54) is 12.8 Å². The molecule has 0 spiro atoms. The molecule has 8 heteroatoms. The number of hydrogen-bond acceptors (Lipinski definition) is 5. The molecule has 174 valence electrons. The van der Waals surface area contributed by atoms with Crippen molar-refractivity contribution in [3.05, 3.63) is 59.5 Å². The number of carbonyl (C=O) groups excluding carboxylic acids is 1. The lowest BCUT2D eigenvalue weighted by molar-refractivity contribution is 0.0951. The summed E-state index contributed by atoms with van der Waals surface area (Å²) in [6.07, 6.45) is 4.18. The van der Waals surface area contributed by atoms with Gasteiger partial charge in [-0.05, 0) is 69.9 Å². The van der Waals surface area contributed by atoms with Crippen molar-refractivity contribution in [3.8, 4) is 0 Å². The molecule has 32 heavy (non-hydrogen) atoms. The molecule has 1 aliphatic rings. The van der Waals surface area contributed by atoms with Crippen molar-refractivity contribution < 1.29 is 9.21 Å². The van der Waals surface area contributed by atoms with E-state index in [0.717, 1.165) is 36.9 Å². The lowest BCUT2D eigenvalue weighted by Crippen LogP contribution is -2.42. The predicted octanol–water partition coefficient (Wildman–Crippen LogP) is 2.07. The molecule has 2 heterocycles. The van der Waals surface area contributed by atoms with Crippen LogP contribution in [-0.4, -0.2) is 75.5 Å². The van der Waals surface area contributed by atoms with Gasteiger partial charge in [-0.15, -0.1) is 0 Å². The highest BCUT2D eigenvalue weighted by atomic mass is 16.3. The van der Waals surface area contributed by atoms with Crippen molar-refractivity contribution >= 4 is 11.9 Å². The lowest BCUT2D eigenvalue weighted by atomic mass is 10.1. The summed E-state index contributed by atoms with van der Waals surface area (Å²) < 4.78 is 5.70. The molecule has 1 aromatic carbocycles. The topological polar surface area (TPSA) is 85.1 Å². The van der Waals surface area contributed by atoms with Gasteiger partial charge in [0.25, 0.3) is 5.91 Å². The minimum absolute atomic E-state index is 0.0527. The zero-order valence-electron chi connectivity index (χ0n) is 19.4. The first-order valence-corrected chi connectivity index (χ1v) is 11.3. The Balaban J connectivity index is 1.52. The van der Waals surface area contributed by atoms with Crippen LogP contribution in [0.25, 0.3) is 0 Å². The molecule has 1 aliphatic heterocycles. The lowest BCUT2D eigenvalue weighted by Gasteiger charge is -2.26. The number of likely N-dealkylation sites (tertiary alicyclic amines) is 1. The fraction of sp³-hybridized carbons (Fsp3) is 0.500. The number of carbonyl (C=O) groups is 1. The summed E-state index contributed by atoms with van der Waals surface area (Å²) in [5.41, 5.74) is 1.69. The van der Waals surface area contributed by atoms with Gasteiger partial charge in [0.2, 0.25) is 0 Å². The van der Waals surface area contributed by atoms with Gasteiger partial charge in [0.05, 0.1) is 12.3 Å². The third kappa shape index (κ3) is 7.10. The van der Waals surface area contributed by atoms with E-state index >= 15 is 0 Å². The molecule has 3 rings (SSSR count). The normalized spacial score (nSPS) is 15.7. The monoisotopic (exact) mass is 440 g/mol. The van der Waals surface area contributed by atoms with E-state index in [4.69, 9.17) is 4.42 Å².